The molecule has 54 heavy (non-hydrogen) atoms. The van der Waals surface area contributed by atoms with E-state index in [-0.39, 0.29) is 35.6 Å². The molecular weight excluding hydrogens is 824 g/mol. The van der Waals surface area contributed by atoms with Gasteiger partial charge >= 0.3 is 34.3 Å². The fourth-order valence-electron chi connectivity index (χ4n) is 4.15. The number of carbonyl (C=O) groups is 7. The number of fused-ring (bicyclic) bond motifs is 1. The standard InChI is InChI=1S/C29H34N11O11S.O.Tc/c30-15(24(45)37-17(7-20(42)43)25(46)38-18(11-52)28(50)51)10-33-19(41)6-5-16(27(48)49)36-23(44)12-1-3-13(4-2-12)32-8-14-9-34-22-21(35-14)26(47)40-29(31)39-22;;/h1-4,9,15-18,30H,5-8,10-11H2,(H12,31,32,33,34,36,37,38,39,40,41,42,43,44,45,46,47,48,49,50,51,52);;/q-1;;+4/p-3/t15-,16+,17-,18-;;/m0../s1. The number of carboxylic acids is 3. The van der Waals surface area contributed by atoms with Crippen LogP contribution in [-0.2, 0) is 70.3 Å². The van der Waals surface area contributed by atoms with Crippen molar-refractivity contribution in [2.45, 2.75) is 50.0 Å². The first-order valence-electron chi connectivity index (χ1n) is 15.1. The molecule has 0 aliphatic heterocycles. The molecule has 0 saturated carbocycles. The molecule has 0 aliphatic carbocycles. The quantitative estimate of drug-likeness (QED) is 0.0665. The second-order valence-corrected chi connectivity index (χ2v) is 11.1. The number of nitrogens with one attached hydrogen (secondary N) is 5. The Balaban J connectivity index is 0.00000495. The first-order valence-corrected chi connectivity index (χ1v) is 16.5. The van der Waals surface area contributed by atoms with Crippen molar-refractivity contribution in [2.24, 2.45) is 0 Å². The van der Waals surface area contributed by atoms with E-state index in [2.05, 4.69) is 59.1 Å². The van der Waals surface area contributed by atoms with Crippen LogP contribution in [0.5, 0.6) is 0 Å². The monoisotopic (exact) mass is 854 g/mol. The fourth-order valence-corrected chi connectivity index (χ4v) is 4.37. The average molecular weight is 856 g/mol. The van der Waals surface area contributed by atoms with Crippen LogP contribution < -0.4 is 27.2 Å². The van der Waals surface area contributed by atoms with Crippen molar-refractivity contribution in [2.75, 3.05) is 23.3 Å². The zero-order valence-corrected chi connectivity index (χ0v) is 30.2. The summed E-state index contributed by atoms with van der Waals surface area (Å²) in [6, 6.07) is -1.01. The van der Waals surface area contributed by atoms with Gasteiger partial charge in [-0.3, -0.25) is 29.0 Å². The van der Waals surface area contributed by atoms with Gasteiger partial charge in [0.2, 0.25) is 11.9 Å². The van der Waals surface area contributed by atoms with E-state index in [0.29, 0.717) is 11.4 Å². The van der Waals surface area contributed by atoms with Crippen molar-refractivity contribution in [1.29, 1.82) is 0 Å². The van der Waals surface area contributed by atoms with E-state index in [4.69, 9.17) is 25.2 Å². The van der Waals surface area contributed by atoms with Crippen molar-refractivity contribution >= 4 is 77.0 Å². The van der Waals surface area contributed by atoms with Gasteiger partial charge in [0, 0.05) is 42.5 Å². The Labute approximate surface area is 319 Å². The minimum atomic E-state index is -1.93. The summed E-state index contributed by atoms with van der Waals surface area (Å²) in [6.07, 6.45) is -0.457. The van der Waals surface area contributed by atoms with Crippen LogP contribution in [0, 0.1) is 0 Å². The molecule has 0 radical (unpaired) electrons. The Morgan fingerprint density at radius 1 is 0.963 bits per heavy atom. The SMILES string of the molecule is [NH-][C@@H](CNC(=O)CC[C@@H](NC(=O)c1ccc(NCc2cnc3nc(N)[nH]c(=O)c3n2)cc1)C(=O)O)C(=O)[N-][C@@H](CC(=O)O)C(=O)[N-][C@@H](C[S-])C(=O)O.[O]=[Tc+4]. The summed E-state index contributed by atoms with van der Waals surface area (Å²) in [4.78, 5) is 110. The molecule has 10 N–H and O–H groups in total. The van der Waals surface area contributed by atoms with E-state index in [9.17, 15) is 43.5 Å². The molecule has 0 spiro atoms. The molecule has 2 heterocycles. The summed E-state index contributed by atoms with van der Waals surface area (Å²) in [6.45, 7) is -0.504. The molecule has 0 unspecified atom stereocenters. The van der Waals surface area contributed by atoms with Gasteiger partial charge in [-0.05, 0) is 36.7 Å². The molecule has 3 rings (SSSR count). The van der Waals surface area contributed by atoms with Crippen LogP contribution in [0.1, 0.15) is 35.3 Å². The number of hydrogen-bond acceptors (Lipinski definition) is 15. The van der Waals surface area contributed by atoms with Crippen LogP contribution in [0.4, 0.5) is 11.6 Å². The van der Waals surface area contributed by atoms with Gasteiger partial charge in [0.1, 0.15) is 6.04 Å². The molecule has 0 bridgehead atoms. The van der Waals surface area contributed by atoms with Crippen LogP contribution in [-0.4, -0.2) is 113 Å². The number of nitrogens with zero attached hydrogens (tertiary/aromatic N) is 5. The number of nitrogens with two attached hydrogens (primary N) is 1. The maximum absolute atomic E-state index is 12.7. The van der Waals surface area contributed by atoms with E-state index in [0.717, 1.165) is 18.9 Å². The van der Waals surface area contributed by atoms with Crippen molar-refractivity contribution in [3.63, 3.8) is 0 Å². The number of aliphatic carboxylic acids is 3. The minimum absolute atomic E-state index is 0.00153. The summed E-state index contributed by atoms with van der Waals surface area (Å²) in [7, 11) is 0. The van der Waals surface area contributed by atoms with Gasteiger partial charge in [0.05, 0.1) is 18.4 Å². The van der Waals surface area contributed by atoms with Crippen LogP contribution in [0.3, 0.4) is 0 Å². The third kappa shape index (κ3) is 13.9. The summed E-state index contributed by atoms with van der Waals surface area (Å²) in [5.41, 5.74) is 14.0. The molecular formula is C29H31N11O12STc. The van der Waals surface area contributed by atoms with E-state index in [1.54, 1.807) is 0 Å². The number of benzene rings is 1. The first kappa shape index (κ1) is 44.3. The number of anilines is 2. The maximum atomic E-state index is 12.7. The Kier molecular flexibility index (Phi) is 17.7. The van der Waals surface area contributed by atoms with Gasteiger partial charge in [-0.15, -0.1) is 0 Å². The number of amides is 4. The first-order chi connectivity index (χ1) is 25.6. The Hall–Kier alpha value is -5.91. The molecule has 4 amide bonds. The summed E-state index contributed by atoms with van der Waals surface area (Å²) in [5, 5.41) is 41.8. The van der Waals surface area contributed by atoms with Crippen LogP contribution in [0.15, 0.2) is 35.3 Å². The molecule has 23 nitrogen and oxygen atoms in total. The number of carboxylic acid groups (broad SMARTS) is 3. The summed E-state index contributed by atoms with van der Waals surface area (Å²) >= 11 is 5.49. The average Bonchev–Trinajstić information content (AvgIpc) is 3.13. The Morgan fingerprint density at radius 2 is 1.61 bits per heavy atom. The summed E-state index contributed by atoms with van der Waals surface area (Å²) < 4.78 is 8.22. The molecule has 1 aromatic carbocycles. The molecule has 0 aliphatic rings. The Bertz CT molecular complexity index is 1920. The zero-order valence-electron chi connectivity index (χ0n) is 27.6. The van der Waals surface area contributed by atoms with Gasteiger partial charge < -0.3 is 75.6 Å². The predicted molar refractivity (Wildman–Crippen MR) is 182 cm³/mol. The molecule has 3 aromatic rings. The Morgan fingerprint density at radius 3 is 2.20 bits per heavy atom. The molecule has 4 atom stereocenters. The topological polar surface area (TPSA) is 383 Å². The molecule has 0 saturated heterocycles. The van der Waals surface area contributed by atoms with Gasteiger partial charge in [-0.1, -0.05) is 12.1 Å². The molecule has 25 heteroatoms. The van der Waals surface area contributed by atoms with Crippen LogP contribution in [0.25, 0.3) is 27.5 Å². The van der Waals surface area contributed by atoms with E-state index < -0.39 is 96.4 Å². The zero-order chi connectivity index (χ0) is 40.5. The van der Waals surface area contributed by atoms with Crippen molar-refractivity contribution in [3.05, 3.63) is 68.4 Å². The van der Waals surface area contributed by atoms with Gasteiger partial charge in [0.25, 0.3) is 17.4 Å². The van der Waals surface area contributed by atoms with Crippen LogP contribution in [0.2, 0.25) is 0 Å². The third-order valence-corrected chi connectivity index (χ3v) is 7.15. The third-order valence-electron chi connectivity index (χ3n) is 6.83. The van der Waals surface area contributed by atoms with Crippen molar-refractivity contribution in [3.8, 4) is 0 Å². The molecule has 2 aromatic heterocycles. The van der Waals surface area contributed by atoms with E-state index in [1.165, 1.54) is 30.5 Å². The van der Waals surface area contributed by atoms with Gasteiger partial charge in [0.15, 0.2) is 11.2 Å². The van der Waals surface area contributed by atoms with Gasteiger partial charge in [-0.2, -0.15) is 10.7 Å². The second-order valence-electron chi connectivity index (χ2n) is 10.7. The predicted octanol–water partition coefficient (Wildman–Crippen LogP) is -1.07. The van der Waals surface area contributed by atoms with Crippen molar-refractivity contribution in [1.82, 2.24) is 30.6 Å². The normalized spacial score (nSPS) is 12.7. The molecule has 287 valence electrons. The van der Waals surface area contributed by atoms with Crippen molar-refractivity contribution < 1.29 is 71.2 Å². The van der Waals surface area contributed by atoms with Gasteiger partial charge in [-0.25, -0.2) is 14.8 Å². The number of aromatic nitrogens is 4. The van der Waals surface area contributed by atoms with E-state index in [1.807, 2.05) is 0 Å². The summed E-state index contributed by atoms with van der Waals surface area (Å²) in [5.74, 6) is -9.36. The second kappa shape index (κ2) is 21.6. The number of aromatic amines is 1. The van der Waals surface area contributed by atoms with E-state index >= 15 is 0 Å². The molecule has 0 fully saturated rings. The number of hydrogen-bond donors (Lipinski definition) is 8. The number of nitrogen functional groups attached to an aromatic ring is 1. The van der Waals surface area contributed by atoms with Crippen LogP contribution >= 0.6 is 0 Å². The fraction of sp³-hybridized carbons (Fsp3) is 0.345. The number of H-pyrrole nitrogens is 1. The number of rotatable bonds is 19. The number of carbonyl (C=O) groups excluding carboxylic acids is 4.